The lowest BCUT2D eigenvalue weighted by Gasteiger charge is -2.37. The number of nitrogens with two attached hydrogens (primary N) is 1. The van der Waals surface area contributed by atoms with E-state index in [-0.39, 0.29) is 26.0 Å². The van der Waals surface area contributed by atoms with Gasteiger partial charge >= 0.3 is 5.97 Å². The SMILES string of the molecule is NS(=O)(=O)N1CCC2(CC2C(=O)OCc2ccccc2)C(F)(F)C1. The van der Waals surface area contributed by atoms with Gasteiger partial charge in [0.1, 0.15) is 6.61 Å². The van der Waals surface area contributed by atoms with Gasteiger partial charge in [0, 0.05) is 6.54 Å². The van der Waals surface area contributed by atoms with Crippen LogP contribution in [0.15, 0.2) is 30.3 Å². The highest BCUT2D eigenvalue weighted by atomic mass is 32.2. The van der Waals surface area contributed by atoms with Crippen LogP contribution in [0.25, 0.3) is 0 Å². The summed E-state index contributed by atoms with van der Waals surface area (Å²) >= 11 is 0. The van der Waals surface area contributed by atoms with E-state index < -0.39 is 40.0 Å². The minimum Gasteiger partial charge on any atom is -0.461 e. The highest BCUT2D eigenvalue weighted by Gasteiger charge is 2.73. The van der Waals surface area contributed by atoms with Gasteiger partial charge in [-0.3, -0.25) is 4.79 Å². The molecule has 1 saturated heterocycles. The Morgan fingerprint density at radius 3 is 2.58 bits per heavy atom. The summed E-state index contributed by atoms with van der Waals surface area (Å²) in [6.45, 7) is -1.08. The zero-order valence-electron chi connectivity index (χ0n) is 12.8. The molecule has 1 aliphatic carbocycles. The van der Waals surface area contributed by atoms with Crippen LogP contribution in [0, 0.1) is 11.3 Å². The monoisotopic (exact) mass is 360 g/mol. The van der Waals surface area contributed by atoms with Crippen molar-refractivity contribution in [3.8, 4) is 0 Å². The lowest BCUT2D eigenvalue weighted by atomic mass is 9.88. The molecule has 2 aliphatic rings. The summed E-state index contributed by atoms with van der Waals surface area (Å²) in [4.78, 5) is 12.1. The number of hydrogen-bond acceptors (Lipinski definition) is 4. The van der Waals surface area contributed by atoms with E-state index in [9.17, 15) is 22.0 Å². The second-order valence-corrected chi connectivity index (χ2v) is 7.89. The van der Waals surface area contributed by atoms with Crippen molar-refractivity contribution < 1.29 is 26.7 Å². The van der Waals surface area contributed by atoms with Crippen LogP contribution in [0.5, 0.6) is 0 Å². The van der Waals surface area contributed by atoms with Crippen LogP contribution in [-0.2, 0) is 26.3 Å². The number of halogens is 2. The van der Waals surface area contributed by atoms with E-state index in [1.807, 2.05) is 6.07 Å². The summed E-state index contributed by atoms with van der Waals surface area (Å²) in [5.74, 6) is -4.88. The molecule has 0 aromatic heterocycles. The van der Waals surface area contributed by atoms with Crippen LogP contribution in [0.2, 0.25) is 0 Å². The molecule has 1 spiro atoms. The van der Waals surface area contributed by atoms with Gasteiger partial charge in [-0.05, 0) is 18.4 Å². The predicted octanol–water partition coefficient (Wildman–Crippen LogP) is 1.28. The summed E-state index contributed by atoms with van der Waals surface area (Å²) in [6, 6.07) is 8.95. The van der Waals surface area contributed by atoms with Gasteiger partial charge in [0.25, 0.3) is 16.1 Å². The Kier molecular flexibility index (Phi) is 4.13. The van der Waals surface area contributed by atoms with Gasteiger partial charge in [0.05, 0.1) is 17.9 Å². The summed E-state index contributed by atoms with van der Waals surface area (Å²) in [6.07, 6.45) is -0.104. The first kappa shape index (κ1) is 17.2. The summed E-state index contributed by atoms with van der Waals surface area (Å²) in [5, 5.41) is 4.92. The number of esters is 1. The van der Waals surface area contributed by atoms with Crippen molar-refractivity contribution in [2.75, 3.05) is 13.1 Å². The summed E-state index contributed by atoms with van der Waals surface area (Å²) in [7, 11) is -4.17. The molecule has 0 bridgehead atoms. The maximum Gasteiger partial charge on any atom is 0.310 e. The van der Waals surface area contributed by atoms with E-state index >= 15 is 0 Å². The number of hydrogen-bond donors (Lipinski definition) is 1. The van der Waals surface area contributed by atoms with Crippen LogP contribution in [0.3, 0.4) is 0 Å². The standard InChI is InChI=1S/C15H18F2N2O4S/c16-15(17)10-19(24(18,21)22)7-6-14(15)8-12(14)13(20)23-9-11-4-2-1-3-5-11/h1-5,12H,6-10H2,(H2,18,21,22). The molecular formula is C15H18F2N2O4S. The molecule has 1 aliphatic heterocycles. The van der Waals surface area contributed by atoms with Gasteiger partial charge in [0.2, 0.25) is 0 Å². The number of rotatable bonds is 4. The fourth-order valence-electron chi connectivity index (χ4n) is 3.31. The van der Waals surface area contributed by atoms with E-state index in [1.54, 1.807) is 24.3 Å². The normalized spacial score (nSPS) is 29.4. The molecule has 3 rings (SSSR count). The Morgan fingerprint density at radius 2 is 2.00 bits per heavy atom. The van der Waals surface area contributed by atoms with Crippen molar-refractivity contribution in [3.63, 3.8) is 0 Å². The minimum atomic E-state index is -4.17. The van der Waals surface area contributed by atoms with Crippen molar-refractivity contribution in [1.82, 2.24) is 4.31 Å². The highest BCUT2D eigenvalue weighted by Crippen LogP contribution is 2.66. The molecule has 2 atom stereocenters. The van der Waals surface area contributed by atoms with Crippen LogP contribution < -0.4 is 5.14 Å². The van der Waals surface area contributed by atoms with E-state index in [1.165, 1.54) is 0 Å². The van der Waals surface area contributed by atoms with Gasteiger partial charge in [0.15, 0.2) is 0 Å². The predicted molar refractivity (Wildman–Crippen MR) is 81.0 cm³/mol. The lowest BCUT2D eigenvalue weighted by molar-refractivity contribution is -0.155. The Labute approximate surface area is 138 Å². The van der Waals surface area contributed by atoms with E-state index in [4.69, 9.17) is 9.88 Å². The maximum absolute atomic E-state index is 14.4. The average Bonchev–Trinajstić information content (AvgIpc) is 3.24. The molecule has 6 nitrogen and oxygen atoms in total. The van der Waals surface area contributed by atoms with Gasteiger partial charge in [-0.1, -0.05) is 30.3 Å². The zero-order valence-corrected chi connectivity index (χ0v) is 13.6. The van der Waals surface area contributed by atoms with Gasteiger partial charge in [-0.15, -0.1) is 0 Å². The molecule has 0 radical (unpaired) electrons. The second kappa shape index (κ2) is 5.75. The number of carbonyl (C=O) groups is 1. The van der Waals surface area contributed by atoms with Crippen LogP contribution in [-0.4, -0.2) is 37.7 Å². The minimum absolute atomic E-state index is 0.00603. The van der Waals surface area contributed by atoms with Gasteiger partial charge in [-0.25, -0.2) is 13.9 Å². The molecule has 1 aromatic carbocycles. The van der Waals surface area contributed by atoms with Crippen molar-refractivity contribution in [3.05, 3.63) is 35.9 Å². The molecule has 2 N–H and O–H groups in total. The van der Waals surface area contributed by atoms with Crippen LogP contribution in [0.4, 0.5) is 8.78 Å². The van der Waals surface area contributed by atoms with Crippen molar-refractivity contribution in [2.24, 2.45) is 16.5 Å². The fraction of sp³-hybridized carbons (Fsp3) is 0.533. The smallest absolute Gasteiger partial charge is 0.310 e. The number of alkyl halides is 2. The number of carbonyl (C=O) groups excluding carboxylic acids is 1. The lowest BCUT2D eigenvalue weighted by Crippen LogP contribution is -2.54. The molecule has 132 valence electrons. The Hall–Kier alpha value is -1.58. The average molecular weight is 360 g/mol. The number of nitrogens with zero attached hydrogens (tertiary/aromatic N) is 1. The van der Waals surface area contributed by atoms with Gasteiger partial charge < -0.3 is 4.74 Å². The Balaban J connectivity index is 1.63. The van der Waals surface area contributed by atoms with Crippen LogP contribution >= 0.6 is 0 Å². The zero-order chi connectivity index (χ0) is 17.6. The Bertz CT molecular complexity index is 741. The third kappa shape index (κ3) is 3.03. The Morgan fingerprint density at radius 1 is 1.33 bits per heavy atom. The molecule has 9 heteroatoms. The fourth-order valence-corrected chi connectivity index (χ4v) is 3.99. The quantitative estimate of drug-likeness (QED) is 0.819. The van der Waals surface area contributed by atoms with E-state index in [0.717, 1.165) is 5.56 Å². The highest BCUT2D eigenvalue weighted by molar-refractivity contribution is 7.86. The molecule has 2 unspecified atom stereocenters. The third-order valence-electron chi connectivity index (χ3n) is 4.85. The first-order valence-corrected chi connectivity index (χ1v) is 9.02. The maximum atomic E-state index is 14.4. The third-order valence-corrected chi connectivity index (χ3v) is 5.89. The first-order chi connectivity index (χ1) is 11.2. The first-order valence-electron chi connectivity index (χ1n) is 7.52. The number of ether oxygens (including phenoxy) is 1. The van der Waals surface area contributed by atoms with Crippen molar-refractivity contribution in [1.29, 1.82) is 0 Å². The second-order valence-electron chi connectivity index (χ2n) is 6.34. The van der Waals surface area contributed by atoms with Crippen molar-refractivity contribution in [2.45, 2.75) is 25.4 Å². The topological polar surface area (TPSA) is 89.7 Å². The van der Waals surface area contributed by atoms with Gasteiger partial charge in [-0.2, -0.15) is 12.7 Å². The molecule has 2 fully saturated rings. The number of benzene rings is 1. The van der Waals surface area contributed by atoms with E-state index in [2.05, 4.69) is 0 Å². The summed E-state index contributed by atoms with van der Waals surface area (Å²) < 4.78 is 57.1. The largest absolute Gasteiger partial charge is 0.461 e. The molecule has 1 saturated carbocycles. The van der Waals surface area contributed by atoms with E-state index in [0.29, 0.717) is 4.31 Å². The molecular weight excluding hydrogens is 342 g/mol. The molecule has 1 aromatic rings. The molecule has 0 amide bonds. The van der Waals surface area contributed by atoms with Crippen LogP contribution in [0.1, 0.15) is 18.4 Å². The number of piperidine rings is 1. The van der Waals surface area contributed by atoms with Crippen molar-refractivity contribution >= 4 is 16.2 Å². The molecule has 1 heterocycles. The molecule has 24 heavy (non-hydrogen) atoms. The summed E-state index contributed by atoms with van der Waals surface area (Å²) in [5.41, 5.74) is -0.738.